The molecule has 25 heavy (non-hydrogen) atoms. The van der Waals surface area contributed by atoms with E-state index in [2.05, 4.69) is 10.6 Å². The maximum absolute atomic E-state index is 12.0. The first-order valence-electron chi connectivity index (χ1n) is 8.01. The molecule has 0 fully saturated rings. The standard InChI is InChI=1S/C19H23ClN2O3/c1-13-4-6-15(20)11-16(13)21-9-8-19(23)22-12-14-5-7-17(24-2)18(10-14)25-3/h4-7,10-11,21H,8-9,12H2,1-3H3,(H,22,23). The first-order chi connectivity index (χ1) is 12.0. The summed E-state index contributed by atoms with van der Waals surface area (Å²) in [5.74, 6) is 1.29. The van der Waals surface area contributed by atoms with Crippen LogP contribution in [0.3, 0.4) is 0 Å². The predicted octanol–water partition coefficient (Wildman–Crippen LogP) is 3.78. The van der Waals surface area contributed by atoms with Crippen LogP contribution in [0.2, 0.25) is 5.02 Å². The molecule has 2 aromatic rings. The van der Waals surface area contributed by atoms with Crippen LogP contribution in [0.4, 0.5) is 5.69 Å². The third kappa shape index (κ3) is 5.57. The van der Waals surface area contributed by atoms with E-state index in [-0.39, 0.29) is 5.91 Å². The minimum atomic E-state index is -0.0260. The zero-order chi connectivity index (χ0) is 18.2. The van der Waals surface area contributed by atoms with E-state index in [0.717, 1.165) is 16.8 Å². The van der Waals surface area contributed by atoms with Crippen molar-refractivity contribution >= 4 is 23.2 Å². The Morgan fingerprint density at radius 1 is 1.08 bits per heavy atom. The Morgan fingerprint density at radius 2 is 1.84 bits per heavy atom. The first-order valence-corrected chi connectivity index (χ1v) is 8.39. The van der Waals surface area contributed by atoms with Crippen LogP contribution in [-0.2, 0) is 11.3 Å². The molecule has 0 saturated carbocycles. The Morgan fingerprint density at radius 3 is 2.56 bits per heavy atom. The molecule has 0 aliphatic carbocycles. The molecule has 0 heterocycles. The molecular weight excluding hydrogens is 340 g/mol. The Hall–Kier alpha value is -2.40. The SMILES string of the molecule is COc1ccc(CNC(=O)CCNc2cc(Cl)ccc2C)cc1OC. The number of halogens is 1. The van der Waals surface area contributed by atoms with E-state index < -0.39 is 0 Å². The highest BCUT2D eigenvalue weighted by Crippen LogP contribution is 2.27. The van der Waals surface area contributed by atoms with E-state index in [1.54, 1.807) is 14.2 Å². The van der Waals surface area contributed by atoms with Gasteiger partial charge in [-0.1, -0.05) is 23.7 Å². The van der Waals surface area contributed by atoms with Gasteiger partial charge in [0.2, 0.25) is 5.91 Å². The van der Waals surface area contributed by atoms with E-state index in [9.17, 15) is 4.79 Å². The topological polar surface area (TPSA) is 59.6 Å². The van der Waals surface area contributed by atoms with Crippen LogP contribution in [-0.4, -0.2) is 26.7 Å². The molecule has 6 heteroatoms. The van der Waals surface area contributed by atoms with Gasteiger partial charge in [0.05, 0.1) is 14.2 Å². The second kappa shape index (κ2) is 9.18. The van der Waals surface area contributed by atoms with E-state index in [0.29, 0.717) is 36.0 Å². The minimum absolute atomic E-state index is 0.0260. The summed E-state index contributed by atoms with van der Waals surface area (Å²) in [6.45, 7) is 2.98. The van der Waals surface area contributed by atoms with Crippen LogP contribution in [0.25, 0.3) is 0 Å². The summed E-state index contributed by atoms with van der Waals surface area (Å²) >= 11 is 5.98. The van der Waals surface area contributed by atoms with Crippen molar-refractivity contribution in [1.29, 1.82) is 0 Å². The van der Waals surface area contributed by atoms with E-state index in [4.69, 9.17) is 21.1 Å². The van der Waals surface area contributed by atoms with Crippen LogP contribution in [0.5, 0.6) is 11.5 Å². The zero-order valence-electron chi connectivity index (χ0n) is 14.7. The Labute approximate surface area is 153 Å². The number of ether oxygens (including phenoxy) is 2. The van der Waals surface area contributed by atoms with Gasteiger partial charge in [-0.25, -0.2) is 0 Å². The smallest absolute Gasteiger partial charge is 0.222 e. The molecule has 0 spiro atoms. The summed E-state index contributed by atoms with van der Waals surface area (Å²) in [4.78, 5) is 12.0. The summed E-state index contributed by atoms with van der Waals surface area (Å²) < 4.78 is 10.5. The highest BCUT2D eigenvalue weighted by Gasteiger charge is 2.07. The molecule has 5 nitrogen and oxygen atoms in total. The summed E-state index contributed by atoms with van der Waals surface area (Å²) in [7, 11) is 3.18. The van der Waals surface area contributed by atoms with Crippen molar-refractivity contribution in [2.24, 2.45) is 0 Å². The molecule has 0 aliphatic rings. The molecule has 0 aromatic heterocycles. The fourth-order valence-corrected chi connectivity index (χ4v) is 2.55. The van der Waals surface area contributed by atoms with Gasteiger partial charge in [-0.15, -0.1) is 0 Å². The van der Waals surface area contributed by atoms with Gasteiger partial charge in [0.1, 0.15) is 0 Å². The molecule has 0 radical (unpaired) electrons. The molecule has 0 unspecified atom stereocenters. The maximum Gasteiger partial charge on any atom is 0.222 e. The van der Waals surface area contributed by atoms with Gasteiger partial charge >= 0.3 is 0 Å². The Kier molecular flexibility index (Phi) is 6.95. The quantitative estimate of drug-likeness (QED) is 0.750. The maximum atomic E-state index is 12.0. The molecule has 134 valence electrons. The van der Waals surface area contributed by atoms with Gasteiger partial charge in [0, 0.05) is 30.2 Å². The van der Waals surface area contributed by atoms with Gasteiger partial charge in [0.15, 0.2) is 11.5 Å². The fourth-order valence-electron chi connectivity index (χ4n) is 2.38. The van der Waals surface area contributed by atoms with Crippen molar-refractivity contribution in [3.8, 4) is 11.5 Å². The zero-order valence-corrected chi connectivity index (χ0v) is 15.4. The minimum Gasteiger partial charge on any atom is -0.493 e. The molecule has 0 atom stereocenters. The number of rotatable bonds is 8. The molecule has 0 aliphatic heterocycles. The number of carbonyl (C=O) groups is 1. The van der Waals surface area contributed by atoms with Crippen LogP contribution in [0, 0.1) is 6.92 Å². The van der Waals surface area contributed by atoms with Crippen molar-refractivity contribution < 1.29 is 14.3 Å². The summed E-state index contributed by atoms with van der Waals surface area (Å²) in [5, 5.41) is 6.81. The van der Waals surface area contributed by atoms with Gasteiger partial charge in [0.25, 0.3) is 0 Å². The number of aryl methyl sites for hydroxylation is 1. The number of hydrogen-bond acceptors (Lipinski definition) is 4. The third-order valence-electron chi connectivity index (χ3n) is 3.80. The van der Waals surface area contributed by atoms with Gasteiger partial charge in [-0.3, -0.25) is 4.79 Å². The molecular formula is C19H23ClN2O3. The normalized spacial score (nSPS) is 10.2. The summed E-state index contributed by atoms with van der Waals surface area (Å²) in [6.07, 6.45) is 0.374. The molecule has 0 saturated heterocycles. The molecule has 2 rings (SSSR count). The lowest BCUT2D eigenvalue weighted by atomic mass is 10.2. The van der Waals surface area contributed by atoms with Crippen LogP contribution in [0.1, 0.15) is 17.5 Å². The largest absolute Gasteiger partial charge is 0.493 e. The molecule has 2 aromatic carbocycles. The number of carbonyl (C=O) groups excluding carboxylic acids is 1. The molecule has 0 bridgehead atoms. The average molecular weight is 363 g/mol. The van der Waals surface area contributed by atoms with Gasteiger partial charge < -0.3 is 20.1 Å². The second-order valence-electron chi connectivity index (χ2n) is 5.60. The van der Waals surface area contributed by atoms with Gasteiger partial charge in [-0.05, 0) is 42.3 Å². The van der Waals surface area contributed by atoms with E-state index in [1.165, 1.54) is 0 Å². The molecule has 2 N–H and O–H groups in total. The highest BCUT2D eigenvalue weighted by atomic mass is 35.5. The summed E-state index contributed by atoms with van der Waals surface area (Å²) in [5.41, 5.74) is 2.99. The summed E-state index contributed by atoms with van der Waals surface area (Å²) in [6, 6.07) is 11.2. The monoisotopic (exact) mass is 362 g/mol. The van der Waals surface area contributed by atoms with Crippen LogP contribution < -0.4 is 20.1 Å². The Balaban J connectivity index is 1.80. The fraction of sp³-hybridized carbons (Fsp3) is 0.316. The Bertz CT molecular complexity index is 735. The van der Waals surface area contributed by atoms with Crippen LogP contribution in [0.15, 0.2) is 36.4 Å². The lowest BCUT2D eigenvalue weighted by Crippen LogP contribution is -2.25. The molecule has 1 amide bonds. The van der Waals surface area contributed by atoms with E-state index in [1.807, 2.05) is 43.3 Å². The van der Waals surface area contributed by atoms with Crippen molar-refractivity contribution in [1.82, 2.24) is 5.32 Å². The number of hydrogen-bond donors (Lipinski definition) is 2. The number of anilines is 1. The van der Waals surface area contributed by atoms with Crippen molar-refractivity contribution in [3.05, 3.63) is 52.5 Å². The van der Waals surface area contributed by atoms with Crippen molar-refractivity contribution in [3.63, 3.8) is 0 Å². The van der Waals surface area contributed by atoms with Crippen molar-refractivity contribution in [2.45, 2.75) is 19.9 Å². The average Bonchev–Trinajstić information content (AvgIpc) is 2.62. The number of nitrogens with one attached hydrogen (secondary N) is 2. The number of benzene rings is 2. The first kappa shape index (κ1) is 18.9. The third-order valence-corrected chi connectivity index (χ3v) is 4.04. The predicted molar refractivity (Wildman–Crippen MR) is 101 cm³/mol. The lowest BCUT2D eigenvalue weighted by Gasteiger charge is -2.11. The highest BCUT2D eigenvalue weighted by molar-refractivity contribution is 6.30. The number of methoxy groups -OCH3 is 2. The van der Waals surface area contributed by atoms with E-state index >= 15 is 0 Å². The van der Waals surface area contributed by atoms with Crippen LogP contribution >= 0.6 is 11.6 Å². The number of amides is 1. The lowest BCUT2D eigenvalue weighted by molar-refractivity contribution is -0.121. The second-order valence-corrected chi connectivity index (χ2v) is 6.04. The van der Waals surface area contributed by atoms with Crippen molar-refractivity contribution in [2.75, 3.05) is 26.1 Å². The van der Waals surface area contributed by atoms with Gasteiger partial charge in [-0.2, -0.15) is 0 Å².